The van der Waals surface area contributed by atoms with Crippen molar-refractivity contribution in [2.24, 2.45) is 0 Å². The van der Waals surface area contributed by atoms with Gasteiger partial charge in [0.25, 0.3) is 6.01 Å². The number of nitrogens with one attached hydrogen (secondary N) is 2. The van der Waals surface area contributed by atoms with Crippen molar-refractivity contribution in [1.29, 1.82) is 0 Å². The molecule has 0 aliphatic carbocycles. The summed E-state index contributed by atoms with van der Waals surface area (Å²) in [6.45, 7) is 1.45. The predicted molar refractivity (Wildman–Crippen MR) is 63.6 cm³/mol. The lowest BCUT2D eigenvalue weighted by atomic mass is 10.3. The van der Waals surface area contributed by atoms with Crippen molar-refractivity contribution in [2.75, 3.05) is 18.4 Å². The average molecular weight is 234 g/mol. The smallest absolute Gasteiger partial charge is 0.297 e. The molecule has 17 heavy (non-hydrogen) atoms. The van der Waals surface area contributed by atoms with Gasteiger partial charge in [-0.25, -0.2) is 4.98 Å². The fourth-order valence-corrected chi connectivity index (χ4v) is 1.45. The van der Waals surface area contributed by atoms with Crippen molar-refractivity contribution in [2.45, 2.75) is 12.8 Å². The quantitative estimate of drug-likeness (QED) is 0.555. The van der Waals surface area contributed by atoms with E-state index in [0.717, 1.165) is 19.4 Å². The van der Waals surface area contributed by atoms with Crippen LogP contribution in [0.5, 0.6) is 0 Å². The van der Waals surface area contributed by atoms with Crippen LogP contribution in [0, 0.1) is 0 Å². The van der Waals surface area contributed by atoms with Crippen molar-refractivity contribution in [3.05, 3.63) is 18.3 Å². The van der Waals surface area contributed by atoms with Gasteiger partial charge in [-0.3, -0.25) is 4.79 Å². The number of hydrogen-bond donors (Lipinski definition) is 2. The van der Waals surface area contributed by atoms with Gasteiger partial charge < -0.3 is 15.1 Å². The van der Waals surface area contributed by atoms with Gasteiger partial charge in [0.1, 0.15) is 0 Å². The number of oxazole rings is 1. The van der Waals surface area contributed by atoms with Gasteiger partial charge in [0.15, 0.2) is 5.58 Å². The number of amides is 1. The lowest BCUT2D eigenvalue weighted by Crippen LogP contribution is -2.13. The summed E-state index contributed by atoms with van der Waals surface area (Å²) in [7, 11) is 0. The van der Waals surface area contributed by atoms with E-state index in [1.165, 1.54) is 0 Å². The number of unbranched alkanes of at least 4 members (excludes halogenated alkanes) is 1. The molecule has 2 N–H and O–H groups in total. The van der Waals surface area contributed by atoms with Crippen molar-refractivity contribution in [1.82, 2.24) is 15.3 Å². The summed E-state index contributed by atoms with van der Waals surface area (Å²) in [6, 6.07) is 4.12. The molecule has 0 saturated carbocycles. The summed E-state index contributed by atoms with van der Waals surface area (Å²) < 4.78 is 5.44. The van der Waals surface area contributed by atoms with Gasteiger partial charge in [0.05, 0.1) is 0 Å². The van der Waals surface area contributed by atoms with Crippen LogP contribution >= 0.6 is 0 Å². The van der Waals surface area contributed by atoms with Crippen LogP contribution in [0.15, 0.2) is 22.7 Å². The minimum Gasteiger partial charge on any atom is -0.422 e. The molecule has 0 aliphatic heterocycles. The van der Waals surface area contributed by atoms with E-state index in [2.05, 4.69) is 20.6 Å². The molecule has 0 aliphatic rings. The van der Waals surface area contributed by atoms with E-state index in [1.807, 2.05) is 12.1 Å². The number of hydrogen-bond acceptors (Lipinski definition) is 5. The van der Waals surface area contributed by atoms with Gasteiger partial charge >= 0.3 is 0 Å². The molecule has 0 radical (unpaired) electrons. The Kier molecular flexibility index (Phi) is 3.90. The second-order valence-electron chi connectivity index (χ2n) is 3.55. The normalized spacial score (nSPS) is 10.4. The number of carbonyl (C=O) groups excluding carboxylic acids is 1. The third kappa shape index (κ3) is 3.17. The first-order valence-electron chi connectivity index (χ1n) is 5.52. The molecule has 2 aromatic heterocycles. The molecule has 90 valence electrons. The molecule has 0 saturated heterocycles. The molecular formula is C11H14N4O2. The van der Waals surface area contributed by atoms with Crippen LogP contribution in [0.1, 0.15) is 12.8 Å². The molecule has 6 heteroatoms. The molecule has 0 atom stereocenters. The number of pyridine rings is 1. The summed E-state index contributed by atoms with van der Waals surface area (Å²) in [5.74, 6) is 0. The van der Waals surface area contributed by atoms with Crippen LogP contribution in [-0.2, 0) is 4.79 Å². The standard InChI is InChI=1S/C11H14N4O2/c16-8-12-5-1-2-6-14-11-15-10-9(17-11)4-3-7-13-10/h3-4,7-8H,1-2,5-6H2,(H,12,16)(H,13,14,15). The van der Waals surface area contributed by atoms with Crippen LogP contribution in [-0.4, -0.2) is 29.5 Å². The molecular weight excluding hydrogens is 220 g/mol. The van der Waals surface area contributed by atoms with E-state index in [0.29, 0.717) is 30.2 Å². The number of fused-ring (bicyclic) bond motifs is 1. The largest absolute Gasteiger partial charge is 0.422 e. The van der Waals surface area contributed by atoms with Crippen LogP contribution in [0.2, 0.25) is 0 Å². The van der Waals surface area contributed by atoms with Crippen LogP contribution in [0.4, 0.5) is 6.01 Å². The first-order chi connectivity index (χ1) is 8.40. The van der Waals surface area contributed by atoms with Crippen LogP contribution < -0.4 is 10.6 Å². The Labute approximate surface area is 98.4 Å². The van der Waals surface area contributed by atoms with E-state index in [1.54, 1.807) is 6.20 Å². The first kappa shape index (κ1) is 11.4. The topological polar surface area (TPSA) is 80.0 Å². The SMILES string of the molecule is O=CNCCCCNc1nc2ncccc2o1. The molecule has 0 fully saturated rings. The van der Waals surface area contributed by atoms with Crippen molar-refractivity contribution in [3.8, 4) is 0 Å². The number of carbonyl (C=O) groups is 1. The van der Waals surface area contributed by atoms with Gasteiger partial charge in [0, 0.05) is 19.3 Å². The molecule has 1 amide bonds. The van der Waals surface area contributed by atoms with E-state index < -0.39 is 0 Å². The summed E-state index contributed by atoms with van der Waals surface area (Å²) in [5.41, 5.74) is 1.29. The lowest BCUT2D eigenvalue weighted by Gasteiger charge is -2.00. The molecule has 0 unspecified atom stereocenters. The predicted octanol–water partition coefficient (Wildman–Crippen LogP) is 1.16. The molecule has 2 rings (SSSR count). The number of nitrogens with zero attached hydrogens (tertiary/aromatic N) is 2. The zero-order chi connectivity index (χ0) is 11.9. The zero-order valence-electron chi connectivity index (χ0n) is 9.35. The monoisotopic (exact) mass is 234 g/mol. The first-order valence-corrected chi connectivity index (χ1v) is 5.52. The highest BCUT2D eigenvalue weighted by Crippen LogP contribution is 2.15. The minimum atomic E-state index is 0.488. The molecule has 0 bridgehead atoms. The minimum absolute atomic E-state index is 0.488. The third-order valence-electron chi connectivity index (χ3n) is 2.27. The summed E-state index contributed by atoms with van der Waals surface area (Å²) in [4.78, 5) is 18.3. The molecule has 0 aromatic carbocycles. The Morgan fingerprint density at radius 2 is 2.24 bits per heavy atom. The maximum absolute atomic E-state index is 10.00. The molecule has 2 heterocycles. The Balaban J connectivity index is 1.77. The van der Waals surface area contributed by atoms with Crippen LogP contribution in [0.25, 0.3) is 11.2 Å². The molecule has 2 aromatic rings. The average Bonchev–Trinajstić information content (AvgIpc) is 2.76. The van der Waals surface area contributed by atoms with Crippen LogP contribution in [0.3, 0.4) is 0 Å². The summed E-state index contributed by atoms with van der Waals surface area (Å²) >= 11 is 0. The zero-order valence-corrected chi connectivity index (χ0v) is 9.35. The Morgan fingerprint density at radius 3 is 3.06 bits per heavy atom. The van der Waals surface area contributed by atoms with E-state index in [4.69, 9.17) is 4.42 Å². The van der Waals surface area contributed by atoms with Gasteiger partial charge in [-0.15, -0.1) is 0 Å². The van der Waals surface area contributed by atoms with Gasteiger partial charge in [-0.05, 0) is 25.0 Å². The highest BCUT2D eigenvalue weighted by molar-refractivity contribution is 5.69. The van der Waals surface area contributed by atoms with Gasteiger partial charge in [-0.1, -0.05) is 0 Å². The fraction of sp³-hybridized carbons (Fsp3) is 0.364. The Hall–Kier alpha value is -2.11. The van der Waals surface area contributed by atoms with E-state index in [-0.39, 0.29) is 0 Å². The van der Waals surface area contributed by atoms with Crippen molar-refractivity contribution >= 4 is 23.7 Å². The maximum Gasteiger partial charge on any atom is 0.297 e. The summed E-state index contributed by atoms with van der Waals surface area (Å²) in [6.07, 6.45) is 4.25. The number of aromatic nitrogens is 2. The lowest BCUT2D eigenvalue weighted by molar-refractivity contribution is -0.109. The van der Waals surface area contributed by atoms with E-state index >= 15 is 0 Å². The fourth-order valence-electron chi connectivity index (χ4n) is 1.45. The Bertz CT molecular complexity index is 450. The second-order valence-corrected chi connectivity index (χ2v) is 3.55. The molecule has 0 spiro atoms. The molecule has 6 nitrogen and oxygen atoms in total. The van der Waals surface area contributed by atoms with Crippen molar-refractivity contribution < 1.29 is 9.21 Å². The highest BCUT2D eigenvalue weighted by Gasteiger charge is 2.04. The van der Waals surface area contributed by atoms with Gasteiger partial charge in [-0.2, -0.15) is 4.98 Å². The third-order valence-corrected chi connectivity index (χ3v) is 2.27. The Morgan fingerprint density at radius 1 is 1.35 bits per heavy atom. The second kappa shape index (κ2) is 5.83. The number of anilines is 1. The number of rotatable bonds is 7. The highest BCUT2D eigenvalue weighted by atomic mass is 16.4. The maximum atomic E-state index is 10.00. The van der Waals surface area contributed by atoms with Gasteiger partial charge in [0.2, 0.25) is 12.1 Å². The van der Waals surface area contributed by atoms with E-state index in [9.17, 15) is 4.79 Å². The van der Waals surface area contributed by atoms with Crippen molar-refractivity contribution in [3.63, 3.8) is 0 Å². The summed E-state index contributed by atoms with van der Waals surface area (Å²) in [5, 5.41) is 5.69.